The Kier molecular flexibility index (Phi) is 25.6. The van der Waals surface area contributed by atoms with Crippen molar-refractivity contribution in [2.45, 2.75) is 12.5 Å². The van der Waals surface area contributed by atoms with Crippen LogP contribution in [-0.2, 0) is 19.2 Å². The first-order valence-electron chi connectivity index (χ1n) is 5.47. The Morgan fingerprint density at radius 1 is 0.875 bits per heavy atom. The van der Waals surface area contributed by atoms with Crippen molar-refractivity contribution < 1.29 is 142 Å². The molecule has 0 saturated heterocycles. The van der Waals surface area contributed by atoms with Crippen molar-refractivity contribution in [2.24, 2.45) is 0 Å². The van der Waals surface area contributed by atoms with Gasteiger partial charge in [0.2, 0.25) is 0 Å². The molecule has 1 unspecified atom stereocenters. The monoisotopic (exact) mass is 382 g/mol. The number of carboxylic acid groups (broad SMARTS) is 4. The third kappa shape index (κ3) is 13.0. The Morgan fingerprint density at radius 3 is 1.33 bits per heavy atom. The third-order valence-electron chi connectivity index (χ3n) is 2.69. The first-order chi connectivity index (χ1) is 9.14. The number of aliphatic hydroxyl groups is 1. The molecular weight excluding hydrogens is 361 g/mol. The van der Waals surface area contributed by atoms with Crippen LogP contribution >= 0.6 is 0 Å². The quantitative estimate of drug-likeness (QED) is 0.178. The molecule has 14 heteroatoms. The second-order valence-electron chi connectivity index (χ2n) is 4.22. The predicted molar refractivity (Wildman–Crippen MR) is 66.6 cm³/mol. The zero-order chi connectivity index (χ0) is 15.9. The van der Waals surface area contributed by atoms with E-state index in [0.29, 0.717) is 0 Å². The minimum Gasteiger partial charge on any atom is -1.00 e. The fourth-order valence-electron chi connectivity index (χ4n) is 2.04. The Bertz CT molecular complexity index is 395. The molecule has 0 rings (SSSR count). The van der Waals surface area contributed by atoms with E-state index >= 15 is 0 Å². The van der Waals surface area contributed by atoms with Crippen LogP contribution in [-0.4, -0.2) is 81.1 Å². The van der Waals surface area contributed by atoms with Crippen molar-refractivity contribution in [2.75, 3.05) is 26.2 Å². The fraction of sp³-hybridized carbons (Fsp3) is 0.600. The molecule has 0 aromatic carbocycles. The number of carboxylic acids is 4. The summed E-state index contributed by atoms with van der Waals surface area (Å²) in [6.45, 7) is -3.77. The van der Waals surface area contributed by atoms with Gasteiger partial charge in [0.25, 0.3) is 0 Å². The molecule has 128 valence electrons. The maximum atomic E-state index is 11.1. The van der Waals surface area contributed by atoms with Gasteiger partial charge in [-0.25, -0.2) is 14.4 Å². The largest absolute Gasteiger partial charge is 1.00 e. The Balaban J connectivity index is -0.0000000860. The number of nitrogens with zero attached hydrogens (tertiary/aromatic N) is 1. The predicted octanol–water partition coefficient (Wildman–Crippen LogP) is -11.9. The van der Waals surface area contributed by atoms with E-state index < -0.39 is 67.1 Å². The molecule has 1 atom stereocenters. The summed E-state index contributed by atoms with van der Waals surface area (Å²) in [5.74, 6) is -6.49. The second kappa shape index (κ2) is 17.2. The van der Waals surface area contributed by atoms with E-state index in [1.54, 1.807) is 0 Å². The van der Waals surface area contributed by atoms with Gasteiger partial charge in [-0.15, -0.1) is 0 Å². The number of aliphatic carboxylic acids is 4. The van der Waals surface area contributed by atoms with Gasteiger partial charge in [0.1, 0.15) is 6.04 Å². The average Bonchev–Trinajstić information content (AvgIpc) is 2.21. The van der Waals surface area contributed by atoms with Crippen LogP contribution in [0, 0.1) is 0 Å². The Hall–Kier alpha value is 0.760. The molecule has 0 radical (unpaired) electrons. The number of carbonyl (C=O) groups is 4. The van der Waals surface area contributed by atoms with Gasteiger partial charge >= 0.3 is 107 Å². The molecule has 0 amide bonds. The maximum absolute atomic E-state index is 11.1. The standard InChI is InChI=1S/C10H15NO9.H3N.3Na.3H/c12-2-1-6(10(19)20)11(3-7(13)14,4-8(15)16)5-9(17)18;;;;;;;/h6,12H,1-5H2,(H3-,13,14,15,16,17,18,19,20);1H3;;;;;;/q;;3*+1;3*-1. The van der Waals surface area contributed by atoms with Crippen molar-refractivity contribution in [3.63, 3.8) is 0 Å². The van der Waals surface area contributed by atoms with Crippen LogP contribution in [0.2, 0.25) is 0 Å². The zero-order valence-electron chi connectivity index (χ0n) is 17.1. The molecule has 0 aliphatic carbocycles. The number of hydrogen-bond acceptors (Lipinski definition) is 7. The molecule has 0 bridgehead atoms. The van der Waals surface area contributed by atoms with Crippen LogP contribution in [0.4, 0.5) is 0 Å². The molecule has 7 N–H and O–H groups in total. The summed E-state index contributed by atoms with van der Waals surface area (Å²) in [6, 6.07) is -1.76. The summed E-state index contributed by atoms with van der Waals surface area (Å²) in [7, 11) is 0. The summed E-state index contributed by atoms with van der Waals surface area (Å²) < 4.78 is -1.27. The molecule has 0 aliphatic rings. The molecular formula is C10H21N2Na3O9. The molecule has 0 fully saturated rings. The summed E-state index contributed by atoms with van der Waals surface area (Å²) in [6.07, 6.45) is -0.518. The van der Waals surface area contributed by atoms with Gasteiger partial charge in [0, 0.05) is 13.0 Å². The number of quaternary nitrogens is 1. The van der Waals surface area contributed by atoms with E-state index in [2.05, 4.69) is 0 Å². The van der Waals surface area contributed by atoms with Gasteiger partial charge < -0.3 is 40.8 Å². The van der Waals surface area contributed by atoms with Crippen molar-refractivity contribution in [3.8, 4) is 0 Å². The van der Waals surface area contributed by atoms with E-state index in [1.165, 1.54) is 0 Å². The van der Waals surface area contributed by atoms with Crippen LogP contribution in [0.5, 0.6) is 0 Å². The minimum absolute atomic E-state index is 0. The maximum Gasteiger partial charge on any atom is 1.00 e. The number of aliphatic hydroxyl groups excluding tert-OH is 1. The first kappa shape index (κ1) is 35.8. The SMILES string of the molecule is N.O=C(O)C[N+](CC(=O)O)(CC(=O)O)C(CCO)C(=O)[O-].[H-].[H-].[H-].[Na+].[Na+].[Na+]. The van der Waals surface area contributed by atoms with Crippen molar-refractivity contribution in [1.29, 1.82) is 0 Å². The Morgan fingerprint density at radius 2 is 1.17 bits per heavy atom. The number of carbonyl (C=O) groups excluding carboxylic acids is 1. The molecule has 0 heterocycles. The molecule has 0 aromatic heterocycles. The van der Waals surface area contributed by atoms with Gasteiger partial charge in [0.05, 0.1) is 5.97 Å². The molecule has 0 aromatic rings. The van der Waals surface area contributed by atoms with Gasteiger partial charge in [-0.2, -0.15) is 0 Å². The third-order valence-corrected chi connectivity index (χ3v) is 2.69. The average molecular weight is 382 g/mol. The van der Waals surface area contributed by atoms with E-state index in [1.807, 2.05) is 0 Å². The van der Waals surface area contributed by atoms with E-state index in [-0.39, 0.29) is 99.1 Å². The molecule has 0 spiro atoms. The number of rotatable bonds is 10. The topological polar surface area (TPSA) is 207 Å². The van der Waals surface area contributed by atoms with Gasteiger partial charge in [0.15, 0.2) is 19.6 Å². The summed E-state index contributed by atoms with van der Waals surface area (Å²) in [4.78, 5) is 43.6. The minimum atomic E-state index is -1.82. The summed E-state index contributed by atoms with van der Waals surface area (Å²) in [5.41, 5.74) is 0. The van der Waals surface area contributed by atoms with Gasteiger partial charge in [-0.05, 0) is 0 Å². The van der Waals surface area contributed by atoms with E-state index in [0.717, 1.165) is 0 Å². The van der Waals surface area contributed by atoms with E-state index in [9.17, 15) is 24.3 Å². The second-order valence-corrected chi connectivity index (χ2v) is 4.22. The summed E-state index contributed by atoms with van der Waals surface area (Å²) >= 11 is 0. The van der Waals surface area contributed by atoms with Crippen molar-refractivity contribution >= 4 is 23.9 Å². The Labute approximate surface area is 208 Å². The number of hydrogen-bond donors (Lipinski definition) is 5. The van der Waals surface area contributed by atoms with Crippen molar-refractivity contribution in [3.05, 3.63) is 0 Å². The van der Waals surface area contributed by atoms with Crippen molar-refractivity contribution in [1.82, 2.24) is 6.15 Å². The van der Waals surface area contributed by atoms with Crippen LogP contribution < -0.4 is 99.9 Å². The first-order valence-corrected chi connectivity index (χ1v) is 5.47. The van der Waals surface area contributed by atoms with Crippen LogP contribution in [0.15, 0.2) is 0 Å². The van der Waals surface area contributed by atoms with Crippen LogP contribution in [0.1, 0.15) is 10.7 Å². The molecule has 24 heavy (non-hydrogen) atoms. The van der Waals surface area contributed by atoms with Crippen LogP contribution in [0.3, 0.4) is 0 Å². The zero-order valence-corrected chi connectivity index (χ0v) is 20.1. The van der Waals surface area contributed by atoms with E-state index in [4.69, 9.17) is 20.4 Å². The molecule has 11 nitrogen and oxygen atoms in total. The van der Waals surface area contributed by atoms with Gasteiger partial charge in [-0.3, -0.25) is 4.48 Å². The molecule has 0 saturated carbocycles. The smallest absolute Gasteiger partial charge is 1.00 e. The van der Waals surface area contributed by atoms with Crippen LogP contribution in [0.25, 0.3) is 0 Å². The fourth-order valence-corrected chi connectivity index (χ4v) is 2.04. The van der Waals surface area contributed by atoms with Gasteiger partial charge in [-0.1, -0.05) is 0 Å². The summed E-state index contributed by atoms with van der Waals surface area (Å²) in [5, 5.41) is 46.3. The normalized spacial score (nSPS) is 10.5. The molecule has 0 aliphatic heterocycles.